The van der Waals surface area contributed by atoms with E-state index in [9.17, 15) is 9.59 Å². The molecule has 3 atom stereocenters. The first-order valence-electron chi connectivity index (χ1n) is 8.20. The summed E-state index contributed by atoms with van der Waals surface area (Å²) in [6, 6.07) is -0.136. The van der Waals surface area contributed by atoms with Gasteiger partial charge < -0.3 is 13.7 Å². The molecule has 3 aliphatic heterocycles. The molecule has 0 radical (unpaired) electrons. The number of rotatable bonds is 6. The van der Waals surface area contributed by atoms with E-state index in [1.165, 1.54) is 0 Å². The van der Waals surface area contributed by atoms with Crippen molar-refractivity contribution in [2.24, 2.45) is 5.92 Å². The highest BCUT2D eigenvalue weighted by molar-refractivity contribution is 5.86. The summed E-state index contributed by atoms with van der Waals surface area (Å²) in [5.41, 5.74) is 0. The zero-order valence-electron chi connectivity index (χ0n) is 13.9. The van der Waals surface area contributed by atoms with Crippen LogP contribution in [0.2, 0.25) is 0 Å². The number of carbonyl (C=O) groups is 2. The molecule has 120 valence electrons. The van der Waals surface area contributed by atoms with Gasteiger partial charge in [-0.3, -0.25) is 4.79 Å². The molecule has 3 aliphatic rings. The molecule has 3 heterocycles. The minimum absolute atomic E-state index is 0.0924. The summed E-state index contributed by atoms with van der Waals surface area (Å²) in [4.78, 5) is 24.3. The summed E-state index contributed by atoms with van der Waals surface area (Å²) in [5.74, 6) is 0.317. The first kappa shape index (κ1) is 16.4. The van der Waals surface area contributed by atoms with Crippen LogP contribution in [-0.4, -0.2) is 80.2 Å². The normalized spacial score (nSPS) is 32.3. The summed E-state index contributed by atoms with van der Waals surface area (Å²) in [5, 5.41) is 0. The maximum absolute atomic E-state index is 12.4. The first-order valence-corrected chi connectivity index (χ1v) is 8.20. The van der Waals surface area contributed by atoms with Gasteiger partial charge in [0.25, 0.3) is 0 Å². The number of esters is 1. The number of quaternary nitrogens is 2. The summed E-state index contributed by atoms with van der Waals surface area (Å²) >= 11 is 0. The van der Waals surface area contributed by atoms with Crippen molar-refractivity contribution in [1.29, 1.82) is 0 Å². The predicted molar refractivity (Wildman–Crippen MR) is 80.5 cm³/mol. The average Bonchev–Trinajstić information content (AvgIpc) is 2.46. The van der Waals surface area contributed by atoms with E-state index in [0.717, 1.165) is 37.1 Å². The second-order valence-electron chi connectivity index (χ2n) is 7.21. The highest BCUT2D eigenvalue weighted by atomic mass is 16.5. The number of hydrogen-bond acceptors (Lipinski definition) is 3. The van der Waals surface area contributed by atoms with Gasteiger partial charge in [0.1, 0.15) is 19.7 Å². The second-order valence-corrected chi connectivity index (χ2v) is 7.21. The van der Waals surface area contributed by atoms with E-state index in [1.54, 1.807) is 0 Å². The second kappa shape index (κ2) is 6.05. The molecule has 0 N–H and O–H groups in total. The Morgan fingerprint density at radius 3 is 2.57 bits per heavy atom. The van der Waals surface area contributed by atoms with E-state index in [2.05, 4.69) is 20.9 Å². The lowest BCUT2D eigenvalue weighted by Crippen LogP contribution is -2.67. The Hall–Kier alpha value is -0.940. The minimum Gasteiger partial charge on any atom is -0.455 e. The third-order valence-corrected chi connectivity index (χ3v) is 5.90. The molecule has 0 aromatic rings. The van der Waals surface area contributed by atoms with Crippen LogP contribution in [0.5, 0.6) is 0 Å². The fourth-order valence-electron chi connectivity index (χ4n) is 3.57. The molecule has 3 unspecified atom stereocenters. The van der Waals surface area contributed by atoms with Crippen LogP contribution in [-0.2, 0) is 14.3 Å². The molecule has 0 spiro atoms. The van der Waals surface area contributed by atoms with Crippen molar-refractivity contribution in [3.63, 3.8) is 0 Å². The third kappa shape index (κ3) is 3.29. The van der Waals surface area contributed by atoms with Crippen LogP contribution in [0.3, 0.4) is 0 Å². The lowest BCUT2D eigenvalue weighted by molar-refractivity contribution is -0.929. The number of Topliss-reactive ketones (excluding diaryl/α,β-unsaturated/α-hetero) is 1. The number of piperidine rings is 3. The number of fused-ring (bicyclic) bond motifs is 3. The SMILES string of the molecule is CC[N+](C)(CC)CCOC(=O)C1CC2CC[N+]1(C)CC2=O. The van der Waals surface area contributed by atoms with E-state index in [0.29, 0.717) is 29.8 Å². The molecular formula is C16H30N2O3+2. The molecule has 0 aliphatic carbocycles. The van der Waals surface area contributed by atoms with Gasteiger partial charge in [0.2, 0.25) is 0 Å². The van der Waals surface area contributed by atoms with Crippen LogP contribution in [0.15, 0.2) is 0 Å². The highest BCUT2D eigenvalue weighted by Gasteiger charge is 2.53. The monoisotopic (exact) mass is 298 g/mol. The zero-order valence-corrected chi connectivity index (χ0v) is 13.9. The zero-order chi connectivity index (χ0) is 15.7. The van der Waals surface area contributed by atoms with Gasteiger partial charge >= 0.3 is 5.97 Å². The van der Waals surface area contributed by atoms with E-state index < -0.39 is 0 Å². The fourth-order valence-corrected chi connectivity index (χ4v) is 3.57. The molecule has 2 bridgehead atoms. The van der Waals surface area contributed by atoms with Gasteiger partial charge in [0.15, 0.2) is 11.8 Å². The highest BCUT2D eigenvalue weighted by Crippen LogP contribution is 2.35. The van der Waals surface area contributed by atoms with Crippen LogP contribution in [0.25, 0.3) is 0 Å². The summed E-state index contributed by atoms with van der Waals surface area (Å²) in [7, 11) is 4.21. The predicted octanol–water partition coefficient (Wildman–Crippen LogP) is 0.824. The van der Waals surface area contributed by atoms with E-state index in [-0.39, 0.29) is 17.9 Å². The van der Waals surface area contributed by atoms with Gasteiger partial charge in [-0.25, -0.2) is 4.79 Å². The van der Waals surface area contributed by atoms with Crippen molar-refractivity contribution in [2.45, 2.75) is 32.7 Å². The maximum atomic E-state index is 12.4. The summed E-state index contributed by atoms with van der Waals surface area (Å²) < 4.78 is 7.03. The number of ketones is 1. The van der Waals surface area contributed by atoms with Crippen LogP contribution in [0.4, 0.5) is 0 Å². The van der Waals surface area contributed by atoms with Crippen molar-refractivity contribution in [1.82, 2.24) is 0 Å². The molecule has 3 fully saturated rings. The lowest BCUT2D eigenvalue weighted by Gasteiger charge is -2.49. The van der Waals surface area contributed by atoms with Crippen LogP contribution >= 0.6 is 0 Å². The molecule has 3 saturated heterocycles. The minimum atomic E-state index is -0.136. The number of likely N-dealkylation sites (N-methyl/N-ethyl adjacent to an activating group) is 2. The molecule has 5 heteroatoms. The number of nitrogens with zero attached hydrogens (tertiary/aromatic N) is 2. The molecule has 0 amide bonds. The molecule has 5 nitrogen and oxygen atoms in total. The molecular weight excluding hydrogens is 268 g/mol. The Balaban J connectivity index is 1.88. The summed E-state index contributed by atoms with van der Waals surface area (Å²) in [6.07, 6.45) is 1.61. The Bertz CT molecular complexity index is 420. The average molecular weight is 298 g/mol. The Labute approximate surface area is 128 Å². The lowest BCUT2D eigenvalue weighted by atomic mass is 9.80. The number of hydrogen-bond donors (Lipinski definition) is 0. The first-order chi connectivity index (χ1) is 9.83. The van der Waals surface area contributed by atoms with Crippen LogP contribution in [0, 0.1) is 5.92 Å². The smallest absolute Gasteiger partial charge is 0.365 e. The van der Waals surface area contributed by atoms with Gasteiger partial charge in [-0.05, 0) is 13.8 Å². The van der Waals surface area contributed by atoms with Crippen molar-refractivity contribution in [3.05, 3.63) is 0 Å². The quantitative estimate of drug-likeness (QED) is 0.539. The molecule has 0 aromatic heterocycles. The van der Waals surface area contributed by atoms with Crippen LogP contribution < -0.4 is 0 Å². The van der Waals surface area contributed by atoms with Crippen molar-refractivity contribution in [2.75, 3.05) is 53.4 Å². The Kier molecular flexibility index (Phi) is 4.73. The standard InChI is InChI=1S/C16H30N2O3/c1-5-17(3,6-2)9-10-21-16(20)14-11-13-7-8-18(14,4)12-15(13)19/h13-14H,5-12H2,1-4H3/q+2. The van der Waals surface area contributed by atoms with E-state index >= 15 is 0 Å². The van der Waals surface area contributed by atoms with Gasteiger partial charge in [-0.1, -0.05) is 0 Å². The van der Waals surface area contributed by atoms with Crippen molar-refractivity contribution in [3.8, 4) is 0 Å². The largest absolute Gasteiger partial charge is 0.455 e. The van der Waals surface area contributed by atoms with Gasteiger partial charge in [0.05, 0.1) is 33.7 Å². The number of carbonyl (C=O) groups excluding carboxylic acids is 2. The Morgan fingerprint density at radius 2 is 2.05 bits per heavy atom. The third-order valence-electron chi connectivity index (χ3n) is 5.90. The van der Waals surface area contributed by atoms with Crippen molar-refractivity contribution < 1.29 is 23.3 Å². The van der Waals surface area contributed by atoms with E-state index in [1.807, 2.05) is 7.05 Å². The van der Waals surface area contributed by atoms with Gasteiger partial charge in [0, 0.05) is 18.8 Å². The molecule has 3 rings (SSSR count). The maximum Gasteiger partial charge on any atom is 0.365 e. The molecule has 21 heavy (non-hydrogen) atoms. The topological polar surface area (TPSA) is 43.4 Å². The Morgan fingerprint density at radius 1 is 1.38 bits per heavy atom. The van der Waals surface area contributed by atoms with Crippen LogP contribution in [0.1, 0.15) is 26.7 Å². The molecule has 0 aromatic carbocycles. The van der Waals surface area contributed by atoms with E-state index in [4.69, 9.17) is 4.74 Å². The van der Waals surface area contributed by atoms with Crippen molar-refractivity contribution >= 4 is 11.8 Å². The number of ether oxygens (including phenoxy) is 1. The van der Waals surface area contributed by atoms with Gasteiger partial charge in [-0.15, -0.1) is 0 Å². The van der Waals surface area contributed by atoms with Gasteiger partial charge in [-0.2, -0.15) is 0 Å². The molecule has 0 saturated carbocycles. The summed E-state index contributed by atoms with van der Waals surface area (Å²) in [6.45, 7) is 9.17. The fraction of sp³-hybridized carbons (Fsp3) is 0.875.